The van der Waals surface area contributed by atoms with Gasteiger partial charge in [0, 0.05) is 14.9 Å². The average Bonchev–Trinajstić information content (AvgIpc) is 2.88. The summed E-state index contributed by atoms with van der Waals surface area (Å²) in [6.07, 6.45) is 2.58. The Labute approximate surface area is 137 Å². The maximum atomic E-state index is 12.0. The molecule has 2 aromatic rings. The average molecular weight is 368 g/mol. The van der Waals surface area contributed by atoms with Crippen molar-refractivity contribution in [3.05, 3.63) is 39.5 Å². The highest BCUT2D eigenvalue weighted by Gasteiger charge is 2.10. The zero-order valence-corrected chi connectivity index (χ0v) is 14.7. The molecule has 0 unspecified atom stereocenters. The van der Waals surface area contributed by atoms with E-state index < -0.39 is 0 Å². The fourth-order valence-corrected chi connectivity index (χ4v) is 3.28. The van der Waals surface area contributed by atoms with Crippen LogP contribution in [0.5, 0.6) is 0 Å². The third kappa shape index (κ3) is 4.11. The smallest absolute Gasteiger partial charge is 0.235 e. The van der Waals surface area contributed by atoms with Crippen molar-refractivity contribution in [3.8, 4) is 0 Å². The third-order valence-electron chi connectivity index (χ3n) is 3.18. The first-order valence-corrected chi connectivity index (χ1v) is 8.50. The molecule has 2 rings (SSSR count). The third-order valence-corrected chi connectivity index (χ3v) is 5.19. The van der Waals surface area contributed by atoms with Crippen LogP contribution in [-0.4, -0.2) is 21.9 Å². The molecule has 4 nitrogen and oxygen atoms in total. The lowest BCUT2D eigenvalue weighted by Gasteiger charge is -2.09. The topological polar surface area (TPSA) is 57.8 Å². The fourth-order valence-electron chi connectivity index (χ4n) is 1.92. The maximum absolute atomic E-state index is 12.0. The largest absolute Gasteiger partial charge is 0.310 e. The molecular formula is C15H18BrN3OS. The van der Waals surface area contributed by atoms with Crippen LogP contribution in [0.2, 0.25) is 0 Å². The Hall–Kier alpha value is -1.27. The summed E-state index contributed by atoms with van der Waals surface area (Å²) in [5.41, 5.74) is 3.36. The highest BCUT2D eigenvalue weighted by molar-refractivity contribution is 9.10. The molecular weight excluding hydrogens is 350 g/mol. The molecule has 0 aliphatic carbocycles. The lowest BCUT2D eigenvalue weighted by Crippen LogP contribution is -2.15. The number of thioether (sulfide) groups is 1. The van der Waals surface area contributed by atoms with Crippen molar-refractivity contribution in [2.24, 2.45) is 0 Å². The summed E-state index contributed by atoms with van der Waals surface area (Å²) in [5, 5.41) is 9.63. The summed E-state index contributed by atoms with van der Waals surface area (Å²) in [4.78, 5) is 13.2. The van der Waals surface area contributed by atoms with Crippen molar-refractivity contribution in [1.82, 2.24) is 10.2 Å². The zero-order valence-electron chi connectivity index (χ0n) is 12.3. The van der Waals surface area contributed by atoms with Crippen LogP contribution >= 0.6 is 27.7 Å². The molecule has 0 saturated carbocycles. The van der Waals surface area contributed by atoms with Gasteiger partial charge in [0.25, 0.3) is 0 Å². The SMILES string of the molecule is CCc1cn[nH]c1NC(=O)CSc1cc(C)c(Br)cc1C. The summed E-state index contributed by atoms with van der Waals surface area (Å²) >= 11 is 5.06. The van der Waals surface area contributed by atoms with Crippen molar-refractivity contribution >= 4 is 39.4 Å². The molecule has 112 valence electrons. The molecule has 21 heavy (non-hydrogen) atoms. The standard InChI is InChI=1S/C15H18BrN3OS/c1-4-11-7-17-19-15(11)18-14(20)8-21-13-6-9(2)12(16)5-10(13)3/h5-7H,4,8H2,1-3H3,(H2,17,18,19,20). The van der Waals surface area contributed by atoms with Gasteiger partial charge in [0.15, 0.2) is 0 Å². The van der Waals surface area contributed by atoms with Gasteiger partial charge in [-0.3, -0.25) is 9.89 Å². The monoisotopic (exact) mass is 367 g/mol. The molecule has 6 heteroatoms. The van der Waals surface area contributed by atoms with Gasteiger partial charge in [-0.1, -0.05) is 22.9 Å². The van der Waals surface area contributed by atoms with E-state index in [0.29, 0.717) is 11.6 Å². The second-order valence-corrected chi connectivity index (χ2v) is 6.70. The first kappa shape index (κ1) is 16.1. The molecule has 0 aliphatic rings. The molecule has 0 spiro atoms. The summed E-state index contributed by atoms with van der Waals surface area (Å²) in [7, 11) is 0. The van der Waals surface area contributed by atoms with E-state index in [9.17, 15) is 4.79 Å². The second kappa shape index (κ2) is 7.13. The summed E-state index contributed by atoms with van der Waals surface area (Å²) in [6, 6.07) is 4.19. The first-order valence-electron chi connectivity index (χ1n) is 6.73. The Morgan fingerprint density at radius 1 is 1.38 bits per heavy atom. The number of carbonyl (C=O) groups is 1. The Kier molecular flexibility index (Phi) is 5.47. The Bertz CT molecular complexity index is 654. The Balaban J connectivity index is 1.97. The summed E-state index contributed by atoms with van der Waals surface area (Å²) in [6.45, 7) is 6.13. The van der Waals surface area contributed by atoms with Gasteiger partial charge in [-0.25, -0.2) is 0 Å². The van der Waals surface area contributed by atoms with E-state index in [2.05, 4.69) is 50.5 Å². The van der Waals surface area contributed by atoms with Gasteiger partial charge in [0.1, 0.15) is 5.82 Å². The summed E-state index contributed by atoms with van der Waals surface area (Å²) in [5.74, 6) is 1.05. The van der Waals surface area contributed by atoms with Gasteiger partial charge in [-0.05, 0) is 43.5 Å². The van der Waals surface area contributed by atoms with E-state index in [1.165, 1.54) is 11.1 Å². The lowest BCUT2D eigenvalue weighted by molar-refractivity contribution is -0.113. The van der Waals surface area contributed by atoms with E-state index in [4.69, 9.17) is 0 Å². The molecule has 0 fully saturated rings. The minimum atomic E-state index is -0.0288. The quantitative estimate of drug-likeness (QED) is 0.782. The number of aromatic nitrogens is 2. The number of aryl methyl sites for hydroxylation is 3. The second-order valence-electron chi connectivity index (χ2n) is 4.83. The van der Waals surface area contributed by atoms with Gasteiger partial charge in [0.05, 0.1) is 11.9 Å². The number of halogens is 1. The lowest BCUT2D eigenvalue weighted by atomic mass is 10.2. The highest BCUT2D eigenvalue weighted by Crippen LogP contribution is 2.28. The van der Waals surface area contributed by atoms with Crippen molar-refractivity contribution in [3.63, 3.8) is 0 Å². The number of benzene rings is 1. The van der Waals surface area contributed by atoms with Crippen molar-refractivity contribution in [2.75, 3.05) is 11.1 Å². The van der Waals surface area contributed by atoms with Crippen molar-refractivity contribution < 1.29 is 4.79 Å². The minimum absolute atomic E-state index is 0.0288. The number of amides is 1. The number of H-pyrrole nitrogens is 1. The maximum Gasteiger partial charge on any atom is 0.235 e. The minimum Gasteiger partial charge on any atom is -0.310 e. The normalized spacial score (nSPS) is 10.7. The van der Waals surface area contributed by atoms with Crippen molar-refractivity contribution in [1.29, 1.82) is 0 Å². The van der Waals surface area contributed by atoms with Crippen LogP contribution in [0.4, 0.5) is 5.82 Å². The number of rotatable bonds is 5. The molecule has 1 amide bonds. The molecule has 1 aromatic carbocycles. The molecule has 1 heterocycles. The fraction of sp³-hybridized carbons (Fsp3) is 0.333. The van der Waals surface area contributed by atoms with Gasteiger partial charge >= 0.3 is 0 Å². The van der Waals surface area contributed by atoms with Gasteiger partial charge in [0.2, 0.25) is 5.91 Å². The van der Waals surface area contributed by atoms with Gasteiger partial charge < -0.3 is 5.32 Å². The van der Waals surface area contributed by atoms with Crippen LogP contribution in [0.1, 0.15) is 23.6 Å². The number of carbonyl (C=O) groups excluding carboxylic acids is 1. The van der Waals surface area contributed by atoms with Crippen LogP contribution in [0.15, 0.2) is 27.7 Å². The number of hydrogen-bond donors (Lipinski definition) is 2. The molecule has 0 bridgehead atoms. The number of nitrogens with one attached hydrogen (secondary N) is 2. The number of aromatic amines is 1. The number of anilines is 1. The van der Waals surface area contributed by atoms with Crippen LogP contribution in [-0.2, 0) is 11.2 Å². The van der Waals surface area contributed by atoms with E-state index in [-0.39, 0.29) is 5.91 Å². The van der Waals surface area contributed by atoms with Crippen molar-refractivity contribution in [2.45, 2.75) is 32.1 Å². The molecule has 0 aliphatic heterocycles. The van der Waals surface area contributed by atoms with E-state index in [1.54, 1.807) is 18.0 Å². The Morgan fingerprint density at radius 2 is 2.14 bits per heavy atom. The van der Waals surface area contributed by atoms with E-state index in [0.717, 1.165) is 21.4 Å². The van der Waals surface area contributed by atoms with Crippen LogP contribution in [0, 0.1) is 13.8 Å². The Morgan fingerprint density at radius 3 is 2.86 bits per heavy atom. The summed E-state index contributed by atoms with van der Waals surface area (Å²) < 4.78 is 1.10. The molecule has 2 N–H and O–H groups in total. The first-order chi connectivity index (χ1) is 10.0. The predicted octanol–water partition coefficient (Wildman–Crippen LogP) is 4.08. The van der Waals surface area contributed by atoms with E-state index >= 15 is 0 Å². The van der Waals surface area contributed by atoms with Crippen LogP contribution < -0.4 is 5.32 Å². The highest BCUT2D eigenvalue weighted by atomic mass is 79.9. The van der Waals surface area contributed by atoms with Crippen LogP contribution in [0.25, 0.3) is 0 Å². The predicted molar refractivity (Wildman–Crippen MR) is 90.9 cm³/mol. The van der Waals surface area contributed by atoms with Crippen LogP contribution in [0.3, 0.4) is 0 Å². The molecule has 0 saturated heterocycles. The molecule has 0 radical (unpaired) electrons. The molecule has 0 atom stereocenters. The number of nitrogens with zero attached hydrogens (tertiary/aromatic N) is 1. The van der Waals surface area contributed by atoms with Gasteiger partial charge in [-0.2, -0.15) is 5.10 Å². The molecule has 1 aromatic heterocycles. The van der Waals surface area contributed by atoms with E-state index in [1.807, 2.05) is 13.8 Å². The van der Waals surface area contributed by atoms with Gasteiger partial charge in [-0.15, -0.1) is 11.8 Å². The number of hydrogen-bond acceptors (Lipinski definition) is 3. The zero-order chi connectivity index (χ0) is 15.4.